The molecule has 2 aromatic carbocycles. The Kier molecular flexibility index (Phi) is 6.80. The summed E-state index contributed by atoms with van der Waals surface area (Å²) in [4.78, 5) is 14.6. The number of amides is 1. The molecule has 1 heterocycles. The second-order valence-electron chi connectivity index (χ2n) is 7.51. The Balaban J connectivity index is 1.48. The van der Waals surface area contributed by atoms with Crippen LogP contribution in [0.2, 0.25) is 0 Å². The van der Waals surface area contributed by atoms with Crippen LogP contribution in [0, 0.1) is 5.92 Å². The molecule has 5 nitrogen and oxygen atoms in total. The molecule has 0 saturated carbocycles. The van der Waals surface area contributed by atoms with E-state index in [4.69, 9.17) is 9.47 Å². The number of hydrogen-bond acceptors (Lipinski definition) is 4. The number of ether oxygens (including phenoxy) is 2. The molecule has 0 spiro atoms. The average Bonchev–Trinajstić information content (AvgIpc) is 2.73. The van der Waals surface area contributed by atoms with E-state index in [1.54, 1.807) is 31.4 Å². The number of carbonyl (C=O) groups excluding carboxylic acids is 1. The zero-order valence-electron chi connectivity index (χ0n) is 17.0. The average molecular weight is 383 g/mol. The lowest BCUT2D eigenvalue weighted by molar-refractivity contribution is -0.123. The van der Waals surface area contributed by atoms with Gasteiger partial charge < -0.3 is 19.7 Å². The predicted molar refractivity (Wildman–Crippen MR) is 112 cm³/mol. The Morgan fingerprint density at radius 1 is 1.07 bits per heavy atom. The predicted octanol–water partition coefficient (Wildman–Crippen LogP) is 4.19. The maximum atomic E-state index is 12.2. The van der Waals surface area contributed by atoms with Crippen molar-refractivity contribution in [2.75, 3.05) is 31.7 Å². The minimum atomic E-state index is -0.141. The Morgan fingerprint density at radius 2 is 1.68 bits per heavy atom. The molecule has 0 radical (unpaired) electrons. The van der Waals surface area contributed by atoms with Crippen LogP contribution < -0.4 is 19.7 Å². The molecular formula is C23H30N2O3. The third-order valence-electron chi connectivity index (χ3n) is 5.35. The number of anilines is 1. The van der Waals surface area contributed by atoms with E-state index in [0.717, 1.165) is 30.3 Å². The molecular weight excluding hydrogens is 352 g/mol. The van der Waals surface area contributed by atoms with Gasteiger partial charge in [0.2, 0.25) is 0 Å². The number of nitrogens with one attached hydrogen (secondary N) is 1. The summed E-state index contributed by atoms with van der Waals surface area (Å²) in [5, 5.41) is 2.99. The van der Waals surface area contributed by atoms with Gasteiger partial charge in [0, 0.05) is 18.8 Å². The fourth-order valence-electron chi connectivity index (χ4n) is 3.43. The van der Waals surface area contributed by atoms with Crippen molar-refractivity contribution in [2.24, 2.45) is 5.92 Å². The molecule has 1 aliphatic heterocycles. The summed E-state index contributed by atoms with van der Waals surface area (Å²) in [5.41, 5.74) is 2.35. The van der Waals surface area contributed by atoms with Crippen LogP contribution in [0.15, 0.2) is 48.5 Å². The minimum Gasteiger partial charge on any atom is -0.497 e. The van der Waals surface area contributed by atoms with E-state index in [-0.39, 0.29) is 18.6 Å². The molecule has 1 amide bonds. The first kappa shape index (κ1) is 20.1. The van der Waals surface area contributed by atoms with Gasteiger partial charge >= 0.3 is 0 Å². The van der Waals surface area contributed by atoms with Crippen molar-refractivity contribution >= 4 is 11.6 Å². The lowest BCUT2D eigenvalue weighted by Crippen LogP contribution is -2.33. The van der Waals surface area contributed by atoms with Gasteiger partial charge in [-0.1, -0.05) is 19.1 Å². The Labute approximate surface area is 167 Å². The molecule has 1 fully saturated rings. The first-order chi connectivity index (χ1) is 13.5. The van der Waals surface area contributed by atoms with Crippen molar-refractivity contribution in [3.63, 3.8) is 0 Å². The van der Waals surface area contributed by atoms with E-state index in [2.05, 4.69) is 41.4 Å². The summed E-state index contributed by atoms with van der Waals surface area (Å²) < 4.78 is 10.6. The van der Waals surface area contributed by atoms with Gasteiger partial charge in [0.25, 0.3) is 5.91 Å². The lowest BCUT2D eigenvalue weighted by atomic mass is 9.98. The topological polar surface area (TPSA) is 50.8 Å². The third-order valence-corrected chi connectivity index (χ3v) is 5.35. The molecule has 2 aromatic rings. The molecule has 150 valence electrons. The van der Waals surface area contributed by atoms with Crippen LogP contribution in [-0.4, -0.2) is 32.7 Å². The second-order valence-corrected chi connectivity index (χ2v) is 7.51. The SMILES string of the molecule is COc1ccc(OCC(=O)N[C@@H](C)c2ccc(N3CCC(C)CC3)cc2)cc1. The quantitative estimate of drug-likeness (QED) is 0.780. The summed E-state index contributed by atoms with van der Waals surface area (Å²) in [6, 6.07) is 15.6. The van der Waals surface area contributed by atoms with Crippen LogP contribution in [0.5, 0.6) is 11.5 Å². The van der Waals surface area contributed by atoms with Crippen LogP contribution in [0.4, 0.5) is 5.69 Å². The van der Waals surface area contributed by atoms with Crippen LogP contribution in [0.1, 0.15) is 38.3 Å². The highest BCUT2D eigenvalue weighted by molar-refractivity contribution is 5.78. The molecule has 0 aliphatic carbocycles. The Bertz CT molecular complexity index is 750. The second kappa shape index (κ2) is 9.49. The van der Waals surface area contributed by atoms with E-state index in [1.807, 2.05) is 6.92 Å². The Hall–Kier alpha value is -2.69. The maximum Gasteiger partial charge on any atom is 0.258 e. The first-order valence-electron chi connectivity index (χ1n) is 9.96. The molecule has 1 saturated heterocycles. The van der Waals surface area contributed by atoms with Crippen molar-refractivity contribution in [3.8, 4) is 11.5 Å². The van der Waals surface area contributed by atoms with Gasteiger partial charge in [-0.3, -0.25) is 4.79 Å². The maximum absolute atomic E-state index is 12.2. The minimum absolute atomic E-state index is 0.0132. The highest BCUT2D eigenvalue weighted by atomic mass is 16.5. The van der Waals surface area contributed by atoms with E-state index < -0.39 is 0 Å². The molecule has 0 aromatic heterocycles. The number of hydrogen-bond donors (Lipinski definition) is 1. The van der Waals surface area contributed by atoms with Gasteiger partial charge in [0.15, 0.2) is 6.61 Å². The van der Waals surface area contributed by atoms with Gasteiger partial charge in [0.05, 0.1) is 13.2 Å². The van der Waals surface area contributed by atoms with Crippen molar-refractivity contribution < 1.29 is 14.3 Å². The van der Waals surface area contributed by atoms with Crippen LogP contribution in [0.3, 0.4) is 0 Å². The van der Waals surface area contributed by atoms with Crippen molar-refractivity contribution in [1.29, 1.82) is 0 Å². The smallest absolute Gasteiger partial charge is 0.258 e. The number of methoxy groups -OCH3 is 1. The highest BCUT2D eigenvalue weighted by Crippen LogP contribution is 2.24. The van der Waals surface area contributed by atoms with E-state index in [0.29, 0.717) is 5.75 Å². The third kappa shape index (κ3) is 5.41. The molecule has 3 rings (SSSR count). The van der Waals surface area contributed by atoms with Crippen LogP contribution in [0.25, 0.3) is 0 Å². The van der Waals surface area contributed by atoms with Gasteiger partial charge in [-0.15, -0.1) is 0 Å². The monoisotopic (exact) mass is 382 g/mol. The number of nitrogens with zero attached hydrogens (tertiary/aromatic N) is 1. The number of piperidine rings is 1. The summed E-state index contributed by atoms with van der Waals surface area (Å²) in [7, 11) is 1.62. The van der Waals surface area contributed by atoms with Gasteiger partial charge in [-0.2, -0.15) is 0 Å². The number of benzene rings is 2. The first-order valence-corrected chi connectivity index (χ1v) is 9.96. The molecule has 1 aliphatic rings. The van der Waals surface area contributed by atoms with Crippen molar-refractivity contribution in [3.05, 3.63) is 54.1 Å². The van der Waals surface area contributed by atoms with Gasteiger partial charge in [-0.05, 0) is 67.6 Å². The molecule has 0 bridgehead atoms. The van der Waals surface area contributed by atoms with E-state index >= 15 is 0 Å². The van der Waals surface area contributed by atoms with Crippen molar-refractivity contribution in [2.45, 2.75) is 32.7 Å². The normalized spacial score (nSPS) is 15.8. The summed E-state index contributed by atoms with van der Waals surface area (Å²) in [5.74, 6) is 2.08. The molecule has 1 N–H and O–H groups in total. The standard InChI is InChI=1S/C23H30N2O3/c1-17-12-14-25(15-13-17)20-6-4-19(5-7-20)18(2)24-23(26)16-28-22-10-8-21(27-3)9-11-22/h4-11,17-18H,12-16H2,1-3H3,(H,24,26)/t18-/m0/s1. The van der Waals surface area contributed by atoms with E-state index in [1.165, 1.54) is 18.5 Å². The summed E-state index contributed by atoms with van der Waals surface area (Å²) in [6.45, 7) is 6.54. The largest absolute Gasteiger partial charge is 0.497 e. The number of carbonyl (C=O) groups is 1. The molecule has 28 heavy (non-hydrogen) atoms. The Morgan fingerprint density at radius 3 is 2.29 bits per heavy atom. The highest BCUT2D eigenvalue weighted by Gasteiger charge is 2.16. The lowest BCUT2D eigenvalue weighted by Gasteiger charge is -2.32. The fourth-order valence-corrected chi connectivity index (χ4v) is 3.43. The molecule has 5 heteroatoms. The van der Waals surface area contributed by atoms with E-state index in [9.17, 15) is 4.79 Å². The zero-order valence-corrected chi connectivity index (χ0v) is 17.0. The summed E-state index contributed by atoms with van der Waals surface area (Å²) in [6.07, 6.45) is 2.50. The molecule has 1 atom stereocenters. The van der Waals surface area contributed by atoms with Crippen LogP contribution in [-0.2, 0) is 4.79 Å². The molecule has 0 unspecified atom stereocenters. The van der Waals surface area contributed by atoms with Crippen LogP contribution >= 0.6 is 0 Å². The van der Waals surface area contributed by atoms with Crippen molar-refractivity contribution in [1.82, 2.24) is 5.32 Å². The van der Waals surface area contributed by atoms with Gasteiger partial charge in [0.1, 0.15) is 11.5 Å². The number of rotatable bonds is 7. The summed E-state index contributed by atoms with van der Waals surface area (Å²) >= 11 is 0. The zero-order chi connectivity index (χ0) is 19.9. The fraction of sp³-hybridized carbons (Fsp3) is 0.435. The van der Waals surface area contributed by atoms with Gasteiger partial charge in [-0.25, -0.2) is 0 Å².